The number of halogens is 2. The van der Waals surface area contributed by atoms with Gasteiger partial charge in [-0.25, -0.2) is 12.8 Å². The van der Waals surface area contributed by atoms with Crippen molar-refractivity contribution in [3.63, 3.8) is 0 Å². The highest BCUT2D eigenvalue weighted by Crippen LogP contribution is 2.30. The fourth-order valence-corrected chi connectivity index (χ4v) is 5.50. The van der Waals surface area contributed by atoms with Gasteiger partial charge in [0.25, 0.3) is 10.0 Å². The van der Waals surface area contributed by atoms with E-state index in [0.29, 0.717) is 0 Å². The van der Waals surface area contributed by atoms with E-state index in [1.807, 2.05) is 0 Å². The smallest absolute Gasteiger partial charge is 0.264 e. The third kappa shape index (κ3) is 7.11. The summed E-state index contributed by atoms with van der Waals surface area (Å²) in [5, 5.41) is 2.95. The van der Waals surface area contributed by atoms with Crippen molar-refractivity contribution < 1.29 is 22.4 Å². The summed E-state index contributed by atoms with van der Waals surface area (Å²) in [5.41, 5.74) is -0.298. The number of nitrogens with zero attached hydrogens (tertiary/aromatic N) is 2. The molecular weight excluding hydrogens is 529 g/mol. The van der Waals surface area contributed by atoms with Crippen LogP contribution in [0.1, 0.15) is 33.3 Å². The third-order valence-corrected chi connectivity index (χ3v) is 7.79. The Kier molecular flexibility index (Phi) is 9.17. The summed E-state index contributed by atoms with van der Waals surface area (Å²) in [6, 6.07) is 18.8. The lowest BCUT2D eigenvalue weighted by molar-refractivity contribution is -0.140. The molecule has 0 aliphatic carbocycles. The van der Waals surface area contributed by atoms with Crippen LogP contribution in [0.15, 0.2) is 83.8 Å². The molecule has 2 amide bonds. The molecule has 7 nitrogen and oxygen atoms in total. The zero-order chi connectivity index (χ0) is 28.1. The standard InChI is InChI=1S/C28H31ClFN3O4S/c1-20(27(35)31-28(2,3)4)32(18-21-12-8-10-16-24(21)30)26(34)19-33(25-17-11-9-15-23(25)29)38(36,37)22-13-6-5-7-14-22/h5-17,20H,18-19H2,1-4H3,(H,31,35)/t20-/m1/s1. The molecular formula is C28H31ClFN3O4S. The van der Waals surface area contributed by atoms with Crippen LogP contribution in [-0.4, -0.2) is 43.3 Å². The van der Waals surface area contributed by atoms with Gasteiger partial charge in [-0.1, -0.05) is 60.1 Å². The molecule has 10 heteroatoms. The van der Waals surface area contributed by atoms with Gasteiger partial charge in [-0.05, 0) is 58.0 Å². The number of hydrogen-bond acceptors (Lipinski definition) is 4. The average Bonchev–Trinajstić information content (AvgIpc) is 2.86. The normalized spacial score (nSPS) is 12.5. The van der Waals surface area contributed by atoms with Crippen LogP contribution in [0, 0.1) is 5.82 Å². The van der Waals surface area contributed by atoms with E-state index >= 15 is 0 Å². The fourth-order valence-electron chi connectivity index (χ4n) is 3.75. The van der Waals surface area contributed by atoms with Crippen molar-refractivity contribution in [2.24, 2.45) is 0 Å². The highest BCUT2D eigenvalue weighted by Gasteiger charge is 2.34. The van der Waals surface area contributed by atoms with Crippen LogP contribution in [0.2, 0.25) is 5.02 Å². The largest absolute Gasteiger partial charge is 0.350 e. The molecule has 38 heavy (non-hydrogen) atoms. The lowest BCUT2D eigenvalue weighted by Crippen LogP contribution is -2.54. The molecule has 0 radical (unpaired) electrons. The van der Waals surface area contributed by atoms with Crippen molar-refractivity contribution >= 4 is 39.1 Å². The Morgan fingerprint density at radius 1 is 0.947 bits per heavy atom. The molecule has 1 N–H and O–H groups in total. The second-order valence-electron chi connectivity index (χ2n) is 9.80. The molecule has 0 spiro atoms. The van der Waals surface area contributed by atoms with Gasteiger partial charge in [0.1, 0.15) is 18.4 Å². The molecule has 1 atom stereocenters. The minimum absolute atomic E-state index is 0.0353. The molecule has 0 fully saturated rings. The van der Waals surface area contributed by atoms with E-state index in [-0.39, 0.29) is 27.7 Å². The predicted molar refractivity (Wildman–Crippen MR) is 147 cm³/mol. The van der Waals surface area contributed by atoms with Gasteiger partial charge in [0.15, 0.2) is 0 Å². The van der Waals surface area contributed by atoms with E-state index in [0.717, 1.165) is 4.31 Å². The average molecular weight is 560 g/mol. The molecule has 0 aliphatic rings. The van der Waals surface area contributed by atoms with Crippen molar-refractivity contribution in [2.45, 2.75) is 50.7 Å². The van der Waals surface area contributed by atoms with Crippen LogP contribution in [0.25, 0.3) is 0 Å². The van der Waals surface area contributed by atoms with Crippen LogP contribution >= 0.6 is 11.6 Å². The molecule has 0 heterocycles. The first-order valence-electron chi connectivity index (χ1n) is 12.0. The van der Waals surface area contributed by atoms with E-state index in [4.69, 9.17) is 11.6 Å². The molecule has 202 valence electrons. The molecule has 3 aromatic rings. The zero-order valence-corrected chi connectivity index (χ0v) is 23.3. The van der Waals surface area contributed by atoms with Gasteiger partial charge in [-0.3, -0.25) is 13.9 Å². The minimum Gasteiger partial charge on any atom is -0.350 e. The van der Waals surface area contributed by atoms with Crippen molar-refractivity contribution in [1.82, 2.24) is 10.2 Å². The predicted octanol–water partition coefficient (Wildman–Crippen LogP) is 5.01. The summed E-state index contributed by atoms with van der Waals surface area (Å²) in [4.78, 5) is 28.0. The van der Waals surface area contributed by atoms with Crippen LogP contribution in [0.3, 0.4) is 0 Å². The second-order valence-corrected chi connectivity index (χ2v) is 12.1. The number of amides is 2. The van der Waals surface area contributed by atoms with Gasteiger partial charge in [0.2, 0.25) is 11.8 Å². The number of nitrogens with one attached hydrogen (secondary N) is 1. The number of para-hydroxylation sites is 1. The number of hydrogen-bond donors (Lipinski definition) is 1. The molecule has 0 aliphatic heterocycles. The van der Waals surface area contributed by atoms with Crippen LogP contribution < -0.4 is 9.62 Å². The van der Waals surface area contributed by atoms with Crippen LogP contribution in [0.5, 0.6) is 0 Å². The Labute approximate surface area is 228 Å². The Morgan fingerprint density at radius 2 is 1.53 bits per heavy atom. The van der Waals surface area contributed by atoms with Gasteiger partial charge in [0.05, 0.1) is 15.6 Å². The molecule has 0 bridgehead atoms. The summed E-state index contributed by atoms with van der Waals surface area (Å²) >= 11 is 6.37. The highest BCUT2D eigenvalue weighted by atomic mass is 35.5. The third-order valence-electron chi connectivity index (χ3n) is 5.70. The summed E-state index contributed by atoms with van der Waals surface area (Å²) in [6.07, 6.45) is 0. The van der Waals surface area contributed by atoms with Gasteiger partial charge in [0, 0.05) is 17.6 Å². The lowest BCUT2D eigenvalue weighted by atomic mass is 10.1. The Hall–Kier alpha value is -3.43. The molecule has 3 aromatic carbocycles. The highest BCUT2D eigenvalue weighted by molar-refractivity contribution is 7.92. The zero-order valence-electron chi connectivity index (χ0n) is 21.7. The Balaban J connectivity index is 2.05. The molecule has 0 saturated carbocycles. The van der Waals surface area contributed by atoms with Crippen LogP contribution in [0.4, 0.5) is 10.1 Å². The van der Waals surface area contributed by atoms with E-state index in [9.17, 15) is 22.4 Å². The topological polar surface area (TPSA) is 86.8 Å². The van der Waals surface area contributed by atoms with E-state index < -0.39 is 45.8 Å². The molecule has 0 aromatic heterocycles. The first-order chi connectivity index (χ1) is 17.8. The minimum atomic E-state index is -4.23. The van der Waals surface area contributed by atoms with Crippen molar-refractivity contribution in [2.75, 3.05) is 10.8 Å². The van der Waals surface area contributed by atoms with E-state index in [1.54, 1.807) is 57.2 Å². The van der Waals surface area contributed by atoms with Crippen LogP contribution in [-0.2, 0) is 26.2 Å². The Bertz CT molecular complexity index is 1390. The number of carbonyl (C=O) groups excluding carboxylic acids is 2. The van der Waals surface area contributed by atoms with Crippen molar-refractivity contribution in [3.8, 4) is 0 Å². The fraction of sp³-hybridized carbons (Fsp3) is 0.286. The number of carbonyl (C=O) groups is 2. The van der Waals surface area contributed by atoms with Gasteiger partial charge >= 0.3 is 0 Å². The SMILES string of the molecule is C[C@H](C(=O)NC(C)(C)C)N(Cc1ccccc1F)C(=O)CN(c1ccccc1Cl)S(=O)(=O)c1ccccc1. The first kappa shape index (κ1) is 29.1. The van der Waals surface area contributed by atoms with Crippen molar-refractivity contribution in [1.29, 1.82) is 0 Å². The first-order valence-corrected chi connectivity index (χ1v) is 13.8. The summed E-state index contributed by atoms with van der Waals surface area (Å²) in [7, 11) is -4.23. The number of anilines is 1. The maximum absolute atomic E-state index is 14.6. The van der Waals surface area contributed by atoms with Crippen molar-refractivity contribution in [3.05, 3.63) is 95.3 Å². The molecule has 3 rings (SSSR count). The quantitative estimate of drug-likeness (QED) is 0.399. The summed E-state index contributed by atoms with van der Waals surface area (Å²) < 4.78 is 42.9. The molecule has 0 saturated heterocycles. The van der Waals surface area contributed by atoms with Gasteiger partial charge < -0.3 is 10.2 Å². The maximum atomic E-state index is 14.6. The van der Waals surface area contributed by atoms with E-state index in [1.165, 1.54) is 54.3 Å². The van der Waals surface area contributed by atoms with Gasteiger partial charge in [-0.2, -0.15) is 0 Å². The molecule has 0 unspecified atom stereocenters. The van der Waals surface area contributed by atoms with E-state index in [2.05, 4.69) is 5.32 Å². The lowest BCUT2D eigenvalue weighted by Gasteiger charge is -2.33. The number of benzene rings is 3. The summed E-state index contributed by atoms with van der Waals surface area (Å²) in [5.74, 6) is -1.71. The Morgan fingerprint density at radius 3 is 2.13 bits per heavy atom. The maximum Gasteiger partial charge on any atom is 0.264 e. The van der Waals surface area contributed by atoms with Gasteiger partial charge in [-0.15, -0.1) is 0 Å². The monoisotopic (exact) mass is 559 g/mol. The number of sulfonamides is 1. The number of rotatable bonds is 9. The second kappa shape index (κ2) is 12.0. The summed E-state index contributed by atoms with van der Waals surface area (Å²) in [6.45, 7) is 6.00.